The minimum atomic E-state index is -2.78. The van der Waals surface area contributed by atoms with Gasteiger partial charge in [0.15, 0.2) is 15.8 Å². The van der Waals surface area contributed by atoms with Crippen molar-refractivity contribution in [3.8, 4) is 0 Å². The fourth-order valence-electron chi connectivity index (χ4n) is 4.43. The Bertz CT molecular complexity index is 529. The van der Waals surface area contributed by atoms with Crippen LogP contribution in [0.1, 0.15) is 44.9 Å². The molecule has 0 aromatic carbocycles. The second-order valence-electron chi connectivity index (χ2n) is 7.43. The molecule has 1 aliphatic carbocycles. The summed E-state index contributed by atoms with van der Waals surface area (Å²) >= 11 is 0. The van der Waals surface area contributed by atoms with E-state index in [0.717, 1.165) is 32.0 Å². The van der Waals surface area contributed by atoms with Crippen LogP contribution in [0.15, 0.2) is 4.99 Å². The molecule has 1 saturated carbocycles. The number of rotatable bonds is 2. The Morgan fingerprint density at radius 1 is 1.26 bits per heavy atom. The van der Waals surface area contributed by atoms with Crippen LogP contribution in [0.5, 0.6) is 0 Å². The van der Waals surface area contributed by atoms with E-state index in [2.05, 4.69) is 15.2 Å². The van der Waals surface area contributed by atoms with Crippen molar-refractivity contribution in [2.45, 2.75) is 44.9 Å². The van der Waals surface area contributed by atoms with E-state index in [1.54, 1.807) is 0 Å². The van der Waals surface area contributed by atoms with Gasteiger partial charge < -0.3 is 10.2 Å². The van der Waals surface area contributed by atoms with Crippen LogP contribution in [-0.4, -0.2) is 57.5 Å². The second-order valence-corrected chi connectivity index (χ2v) is 9.66. The topological polar surface area (TPSA) is 61.8 Å². The van der Waals surface area contributed by atoms with Crippen molar-refractivity contribution < 1.29 is 8.42 Å². The highest BCUT2D eigenvalue weighted by molar-refractivity contribution is 14.0. The van der Waals surface area contributed by atoms with Gasteiger partial charge in [-0.05, 0) is 37.0 Å². The molecule has 5 nitrogen and oxygen atoms in total. The van der Waals surface area contributed by atoms with Crippen molar-refractivity contribution in [2.75, 3.05) is 38.2 Å². The lowest BCUT2D eigenvalue weighted by molar-refractivity contribution is 0.203. The third-order valence-electron chi connectivity index (χ3n) is 5.74. The largest absolute Gasteiger partial charge is 0.356 e. The Labute approximate surface area is 157 Å². The molecule has 1 atom stereocenters. The number of likely N-dealkylation sites (tertiary alicyclic amines) is 1. The first-order valence-corrected chi connectivity index (χ1v) is 10.5. The zero-order chi connectivity index (χ0) is 15.6. The average Bonchev–Trinajstić information content (AvgIpc) is 3.05. The molecule has 0 radical (unpaired) electrons. The van der Waals surface area contributed by atoms with Crippen LogP contribution in [0.2, 0.25) is 0 Å². The lowest BCUT2D eigenvalue weighted by atomic mass is 9.73. The van der Waals surface area contributed by atoms with E-state index in [-0.39, 0.29) is 29.9 Å². The molecule has 7 heteroatoms. The van der Waals surface area contributed by atoms with Crippen molar-refractivity contribution in [1.29, 1.82) is 0 Å². The molecule has 3 aliphatic rings. The minimum absolute atomic E-state index is 0. The molecule has 3 rings (SSSR count). The van der Waals surface area contributed by atoms with E-state index in [4.69, 9.17) is 0 Å². The van der Waals surface area contributed by atoms with Gasteiger partial charge in [0.2, 0.25) is 0 Å². The highest BCUT2D eigenvalue weighted by Gasteiger charge is 2.40. The van der Waals surface area contributed by atoms with Gasteiger partial charge in [-0.2, -0.15) is 0 Å². The van der Waals surface area contributed by atoms with E-state index in [1.165, 1.54) is 38.5 Å². The van der Waals surface area contributed by atoms with E-state index < -0.39 is 9.84 Å². The summed E-state index contributed by atoms with van der Waals surface area (Å²) in [6, 6.07) is 0. The molecule has 0 aromatic heterocycles. The number of nitrogens with one attached hydrogen (secondary N) is 1. The van der Waals surface area contributed by atoms with Gasteiger partial charge >= 0.3 is 0 Å². The Kier molecular flexibility index (Phi) is 6.61. The zero-order valence-corrected chi connectivity index (χ0v) is 17.2. The van der Waals surface area contributed by atoms with Crippen LogP contribution in [-0.2, 0) is 9.84 Å². The summed E-state index contributed by atoms with van der Waals surface area (Å²) in [4.78, 5) is 6.81. The molecule has 1 spiro atoms. The molecule has 1 unspecified atom stereocenters. The molecule has 23 heavy (non-hydrogen) atoms. The molecular formula is C16H30IN3O2S. The van der Waals surface area contributed by atoms with Gasteiger partial charge in [0.05, 0.1) is 11.5 Å². The predicted molar refractivity (Wildman–Crippen MR) is 105 cm³/mol. The number of hydrogen-bond donors (Lipinski definition) is 1. The maximum atomic E-state index is 11.5. The molecule has 0 bridgehead atoms. The molecular weight excluding hydrogens is 425 g/mol. The van der Waals surface area contributed by atoms with Gasteiger partial charge in [0, 0.05) is 26.7 Å². The van der Waals surface area contributed by atoms with Crippen LogP contribution in [0.3, 0.4) is 0 Å². The molecule has 0 amide bonds. The van der Waals surface area contributed by atoms with Crippen molar-refractivity contribution in [3.05, 3.63) is 0 Å². The van der Waals surface area contributed by atoms with Gasteiger partial charge in [-0.3, -0.25) is 4.99 Å². The van der Waals surface area contributed by atoms with Crippen LogP contribution in [0, 0.1) is 11.3 Å². The minimum Gasteiger partial charge on any atom is -0.356 e. The maximum absolute atomic E-state index is 11.5. The average molecular weight is 455 g/mol. The molecule has 1 N–H and O–H groups in total. The van der Waals surface area contributed by atoms with Crippen LogP contribution < -0.4 is 5.32 Å². The maximum Gasteiger partial charge on any atom is 0.193 e. The Balaban J connectivity index is 0.00000192. The smallest absolute Gasteiger partial charge is 0.193 e. The number of aliphatic imine (C=N–C) groups is 1. The van der Waals surface area contributed by atoms with Crippen LogP contribution >= 0.6 is 24.0 Å². The van der Waals surface area contributed by atoms with Gasteiger partial charge in [-0.25, -0.2) is 8.42 Å². The Morgan fingerprint density at radius 3 is 2.61 bits per heavy atom. The predicted octanol–water partition coefficient (Wildman–Crippen LogP) is 2.27. The first-order chi connectivity index (χ1) is 10.5. The van der Waals surface area contributed by atoms with Crippen LogP contribution in [0.4, 0.5) is 0 Å². The van der Waals surface area contributed by atoms with Crippen molar-refractivity contribution >= 4 is 39.8 Å². The number of sulfone groups is 1. The number of hydrogen-bond acceptors (Lipinski definition) is 3. The standard InChI is InChI=1S/C16H29N3O2S.HI/c1-17-15(18-11-14-5-10-22(20,21)12-14)19-9-8-16(13-19)6-3-2-4-7-16;/h14H,2-13H2,1H3,(H,17,18);1H. The highest BCUT2D eigenvalue weighted by atomic mass is 127. The van der Waals surface area contributed by atoms with Gasteiger partial charge in [-0.1, -0.05) is 19.3 Å². The molecule has 2 aliphatic heterocycles. The van der Waals surface area contributed by atoms with Crippen molar-refractivity contribution in [3.63, 3.8) is 0 Å². The van der Waals surface area contributed by atoms with Gasteiger partial charge in [-0.15, -0.1) is 24.0 Å². The Hall–Kier alpha value is -0.0500. The second kappa shape index (κ2) is 7.89. The fourth-order valence-corrected chi connectivity index (χ4v) is 6.29. The first-order valence-electron chi connectivity index (χ1n) is 8.68. The van der Waals surface area contributed by atoms with Gasteiger partial charge in [0.25, 0.3) is 0 Å². The summed E-state index contributed by atoms with van der Waals surface area (Å²) in [5, 5.41) is 3.42. The molecule has 2 saturated heterocycles. The van der Waals surface area contributed by atoms with E-state index in [1.807, 2.05) is 7.05 Å². The lowest BCUT2D eigenvalue weighted by Gasteiger charge is -2.33. The number of halogens is 1. The molecule has 0 aromatic rings. The third kappa shape index (κ3) is 4.74. The lowest BCUT2D eigenvalue weighted by Crippen LogP contribution is -2.43. The van der Waals surface area contributed by atoms with E-state index >= 15 is 0 Å². The SMILES string of the molecule is CN=C(NCC1CCS(=O)(=O)C1)N1CCC2(CCCCC2)C1.I. The molecule has 2 heterocycles. The van der Waals surface area contributed by atoms with Crippen LogP contribution in [0.25, 0.3) is 0 Å². The first kappa shape index (κ1) is 19.3. The van der Waals surface area contributed by atoms with Crippen molar-refractivity contribution in [2.24, 2.45) is 16.3 Å². The summed E-state index contributed by atoms with van der Waals surface area (Å²) in [6.45, 7) is 2.94. The van der Waals surface area contributed by atoms with Crippen molar-refractivity contribution in [1.82, 2.24) is 10.2 Å². The monoisotopic (exact) mass is 455 g/mol. The van der Waals surface area contributed by atoms with E-state index in [0.29, 0.717) is 16.9 Å². The summed E-state index contributed by atoms with van der Waals surface area (Å²) in [6.07, 6.45) is 8.94. The summed E-state index contributed by atoms with van der Waals surface area (Å²) in [5.74, 6) is 1.89. The number of guanidine groups is 1. The molecule has 134 valence electrons. The zero-order valence-electron chi connectivity index (χ0n) is 14.1. The van der Waals surface area contributed by atoms with E-state index in [9.17, 15) is 8.42 Å². The summed E-state index contributed by atoms with van der Waals surface area (Å²) < 4.78 is 23.1. The third-order valence-corrected chi connectivity index (χ3v) is 7.58. The normalized spacial score (nSPS) is 29.5. The summed E-state index contributed by atoms with van der Waals surface area (Å²) in [5.41, 5.74) is 0.520. The summed E-state index contributed by atoms with van der Waals surface area (Å²) in [7, 11) is -0.952. The molecule has 3 fully saturated rings. The highest BCUT2D eigenvalue weighted by Crippen LogP contribution is 2.43. The van der Waals surface area contributed by atoms with Gasteiger partial charge in [0.1, 0.15) is 0 Å². The fraction of sp³-hybridized carbons (Fsp3) is 0.938. The quantitative estimate of drug-likeness (QED) is 0.394. The number of nitrogens with zero attached hydrogens (tertiary/aromatic N) is 2. The Morgan fingerprint density at radius 2 is 2.00 bits per heavy atom.